The molecule has 0 aliphatic carbocycles. The van der Waals surface area contributed by atoms with Crippen LogP contribution < -0.4 is 4.74 Å². The van der Waals surface area contributed by atoms with Crippen molar-refractivity contribution in [2.24, 2.45) is 0 Å². The van der Waals surface area contributed by atoms with Crippen LogP contribution in [0.3, 0.4) is 0 Å². The Morgan fingerprint density at radius 3 is 2.47 bits per heavy atom. The van der Waals surface area contributed by atoms with Crippen LogP contribution in [0, 0.1) is 6.92 Å². The number of ketones is 1. The highest BCUT2D eigenvalue weighted by Crippen LogP contribution is 2.13. The summed E-state index contributed by atoms with van der Waals surface area (Å²) in [6.45, 7) is 1.75. The van der Waals surface area contributed by atoms with Crippen molar-refractivity contribution in [1.29, 1.82) is 0 Å². The number of aryl methyl sites for hydroxylation is 1. The van der Waals surface area contributed by atoms with Crippen molar-refractivity contribution in [3.05, 3.63) is 53.6 Å². The molecule has 0 radical (unpaired) electrons. The average Bonchev–Trinajstić information content (AvgIpc) is 2.38. The van der Waals surface area contributed by atoms with Gasteiger partial charge >= 0.3 is 0 Å². The van der Waals surface area contributed by atoms with E-state index >= 15 is 0 Å². The van der Waals surface area contributed by atoms with Crippen LogP contribution in [0.2, 0.25) is 0 Å². The molecule has 0 saturated carbocycles. The lowest BCUT2D eigenvalue weighted by Gasteiger charge is -2.02. The van der Waals surface area contributed by atoms with Crippen molar-refractivity contribution in [1.82, 2.24) is 9.97 Å². The Morgan fingerprint density at radius 2 is 1.88 bits per heavy atom. The summed E-state index contributed by atoms with van der Waals surface area (Å²) in [7, 11) is 1.59. The minimum absolute atomic E-state index is 0.113. The van der Waals surface area contributed by atoms with Gasteiger partial charge in [-0.05, 0) is 37.3 Å². The Labute approximate surface area is 99.3 Å². The highest BCUT2D eigenvalue weighted by molar-refractivity contribution is 6.07. The summed E-state index contributed by atoms with van der Waals surface area (Å²) in [6.07, 6.45) is 1.58. The van der Waals surface area contributed by atoms with Gasteiger partial charge in [0.1, 0.15) is 17.3 Å². The van der Waals surface area contributed by atoms with E-state index in [0.717, 1.165) is 5.75 Å². The summed E-state index contributed by atoms with van der Waals surface area (Å²) < 4.78 is 5.04. The van der Waals surface area contributed by atoms with Gasteiger partial charge in [0.15, 0.2) is 0 Å². The fraction of sp³-hybridized carbons (Fsp3) is 0.154. The van der Waals surface area contributed by atoms with Gasteiger partial charge in [0.25, 0.3) is 0 Å². The molecule has 4 heteroatoms. The Morgan fingerprint density at radius 1 is 1.18 bits per heavy atom. The third-order valence-electron chi connectivity index (χ3n) is 2.36. The molecule has 17 heavy (non-hydrogen) atoms. The van der Waals surface area contributed by atoms with Crippen molar-refractivity contribution in [3.8, 4) is 5.75 Å². The quantitative estimate of drug-likeness (QED) is 0.754. The first kappa shape index (κ1) is 11.3. The van der Waals surface area contributed by atoms with Gasteiger partial charge in [0.2, 0.25) is 5.78 Å². The fourth-order valence-corrected chi connectivity index (χ4v) is 1.47. The average molecular weight is 228 g/mol. The topological polar surface area (TPSA) is 52.1 Å². The van der Waals surface area contributed by atoms with E-state index in [2.05, 4.69) is 9.97 Å². The third-order valence-corrected chi connectivity index (χ3v) is 2.36. The molecule has 0 atom stereocenters. The van der Waals surface area contributed by atoms with Gasteiger partial charge in [0, 0.05) is 11.8 Å². The molecule has 0 aliphatic heterocycles. The summed E-state index contributed by atoms with van der Waals surface area (Å²) >= 11 is 0. The molecule has 0 spiro atoms. The number of rotatable bonds is 3. The van der Waals surface area contributed by atoms with E-state index in [1.807, 2.05) is 0 Å². The lowest BCUT2D eigenvalue weighted by molar-refractivity contribution is 0.103. The molecule has 1 aromatic heterocycles. The number of benzene rings is 1. The standard InChI is InChI=1S/C13H12N2O2/c1-9-14-8-7-12(15-9)13(16)10-3-5-11(17-2)6-4-10/h3-8H,1-2H3. The minimum atomic E-state index is -0.113. The van der Waals surface area contributed by atoms with Crippen molar-refractivity contribution in [2.45, 2.75) is 6.92 Å². The first-order valence-corrected chi connectivity index (χ1v) is 5.19. The third kappa shape index (κ3) is 2.47. The van der Waals surface area contributed by atoms with Gasteiger partial charge in [-0.25, -0.2) is 9.97 Å². The molecule has 0 amide bonds. The molecule has 2 rings (SSSR count). The van der Waals surface area contributed by atoms with E-state index in [1.54, 1.807) is 50.6 Å². The molecule has 0 saturated heterocycles. The van der Waals surface area contributed by atoms with Crippen molar-refractivity contribution < 1.29 is 9.53 Å². The maximum atomic E-state index is 12.1. The molecule has 0 aliphatic rings. The number of hydrogen-bond donors (Lipinski definition) is 0. The first-order valence-electron chi connectivity index (χ1n) is 5.19. The van der Waals surface area contributed by atoms with E-state index < -0.39 is 0 Å². The Hall–Kier alpha value is -2.23. The molecule has 0 unspecified atom stereocenters. The summed E-state index contributed by atoms with van der Waals surface area (Å²) in [5.74, 6) is 1.20. The predicted molar refractivity (Wildman–Crippen MR) is 63.2 cm³/mol. The Kier molecular flexibility index (Phi) is 3.14. The number of methoxy groups -OCH3 is 1. The van der Waals surface area contributed by atoms with Crippen LogP contribution in [0.15, 0.2) is 36.5 Å². The van der Waals surface area contributed by atoms with Gasteiger partial charge in [-0.15, -0.1) is 0 Å². The number of hydrogen-bond acceptors (Lipinski definition) is 4. The number of nitrogens with zero attached hydrogens (tertiary/aromatic N) is 2. The lowest BCUT2D eigenvalue weighted by atomic mass is 10.1. The van der Waals surface area contributed by atoms with Crippen molar-refractivity contribution in [3.63, 3.8) is 0 Å². The summed E-state index contributed by atoms with van der Waals surface area (Å²) in [5, 5.41) is 0. The van der Waals surface area contributed by atoms with E-state index in [0.29, 0.717) is 17.1 Å². The smallest absolute Gasteiger partial charge is 0.211 e. The minimum Gasteiger partial charge on any atom is -0.497 e. The number of carbonyl (C=O) groups excluding carboxylic acids is 1. The van der Waals surface area contributed by atoms with Crippen LogP contribution in [-0.4, -0.2) is 22.9 Å². The van der Waals surface area contributed by atoms with Crippen LogP contribution in [0.1, 0.15) is 21.9 Å². The zero-order valence-electron chi connectivity index (χ0n) is 9.68. The van der Waals surface area contributed by atoms with Crippen LogP contribution in [0.4, 0.5) is 0 Å². The first-order chi connectivity index (χ1) is 8.20. The van der Waals surface area contributed by atoms with E-state index in [9.17, 15) is 4.79 Å². The predicted octanol–water partition coefficient (Wildman–Crippen LogP) is 2.02. The molecule has 0 N–H and O–H groups in total. The summed E-state index contributed by atoms with van der Waals surface area (Å²) in [4.78, 5) is 20.1. The van der Waals surface area contributed by atoms with Crippen LogP contribution in [0.25, 0.3) is 0 Å². The molecule has 86 valence electrons. The molecule has 1 heterocycles. The molecular formula is C13H12N2O2. The van der Waals surface area contributed by atoms with Gasteiger partial charge in [-0.2, -0.15) is 0 Å². The SMILES string of the molecule is COc1ccc(C(=O)c2ccnc(C)n2)cc1. The van der Waals surface area contributed by atoms with Gasteiger partial charge in [-0.1, -0.05) is 0 Å². The maximum absolute atomic E-state index is 12.1. The van der Waals surface area contributed by atoms with Crippen LogP contribution in [-0.2, 0) is 0 Å². The largest absolute Gasteiger partial charge is 0.497 e. The van der Waals surface area contributed by atoms with Crippen LogP contribution >= 0.6 is 0 Å². The molecule has 0 bridgehead atoms. The Bertz CT molecular complexity index is 535. The molecule has 1 aromatic carbocycles. The second kappa shape index (κ2) is 4.74. The fourth-order valence-electron chi connectivity index (χ4n) is 1.47. The van der Waals surface area contributed by atoms with Crippen molar-refractivity contribution in [2.75, 3.05) is 7.11 Å². The lowest BCUT2D eigenvalue weighted by Crippen LogP contribution is -2.05. The van der Waals surface area contributed by atoms with E-state index in [1.165, 1.54) is 0 Å². The zero-order valence-corrected chi connectivity index (χ0v) is 9.68. The van der Waals surface area contributed by atoms with Crippen LogP contribution in [0.5, 0.6) is 5.75 Å². The number of aromatic nitrogens is 2. The second-order valence-electron chi connectivity index (χ2n) is 3.55. The monoisotopic (exact) mass is 228 g/mol. The van der Waals surface area contributed by atoms with Gasteiger partial charge < -0.3 is 4.74 Å². The molecule has 2 aromatic rings. The zero-order chi connectivity index (χ0) is 12.3. The molecule has 0 fully saturated rings. The number of ether oxygens (including phenoxy) is 1. The van der Waals surface area contributed by atoms with E-state index in [-0.39, 0.29) is 5.78 Å². The highest BCUT2D eigenvalue weighted by atomic mass is 16.5. The normalized spacial score (nSPS) is 10.0. The molecule has 4 nitrogen and oxygen atoms in total. The number of carbonyl (C=O) groups is 1. The van der Waals surface area contributed by atoms with Crippen molar-refractivity contribution >= 4 is 5.78 Å². The Balaban J connectivity index is 2.30. The molecular weight excluding hydrogens is 216 g/mol. The van der Waals surface area contributed by atoms with E-state index in [4.69, 9.17) is 4.74 Å². The maximum Gasteiger partial charge on any atom is 0.211 e. The van der Waals surface area contributed by atoms with Gasteiger partial charge in [-0.3, -0.25) is 4.79 Å². The highest BCUT2D eigenvalue weighted by Gasteiger charge is 2.10. The summed E-state index contributed by atoms with van der Waals surface area (Å²) in [6, 6.07) is 8.55. The van der Waals surface area contributed by atoms with Gasteiger partial charge in [0.05, 0.1) is 7.11 Å². The second-order valence-corrected chi connectivity index (χ2v) is 3.55. The summed E-state index contributed by atoms with van der Waals surface area (Å²) in [5.41, 5.74) is 0.992.